The molecular weight excluding hydrogens is 320 g/mol. The molecule has 0 saturated carbocycles. The Balaban J connectivity index is 2.05. The third kappa shape index (κ3) is 4.98. The molecule has 0 radical (unpaired) electrons. The van der Waals surface area contributed by atoms with Crippen LogP contribution >= 0.6 is 0 Å². The van der Waals surface area contributed by atoms with Gasteiger partial charge in [0, 0.05) is 24.9 Å². The zero-order valence-corrected chi connectivity index (χ0v) is 15.5. The largest absolute Gasteiger partial charge is 0.346 e. The van der Waals surface area contributed by atoms with Crippen LogP contribution in [0.25, 0.3) is 0 Å². The van der Waals surface area contributed by atoms with Crippen LogP contribution in [0, 0.1) is 19.8 Å². The van der Waals surface area contributed by atoms with E-state index in [-0.39, 0.29) is 17.6 Å². The summed E-state index contributed by atoms with van der Waals surface area (Å²) < 4.78 is 1.69. The van der Waals surface area contributed by atoms with Crippen LogP contribution in [0.15, 0.2) is 11.1 Å². The summed E-state index contributed by atoms with van der Waals surface area (Å²) in [5.41, 5.74) is 1.98. The van der Waals surface area contributed by atoms with Gasteiger partial charge in [0.1, 0.15) is 12.2 Å². The van der Waals surface area contributed by atoms with E-state index in [1.54, 1.807) is 11.6 Å². The number of carbonyl (C=O) groups is 1. The molecule has 2 heterocycles. The summed E-state index contributed by atoms with van der Waals surface area (Å²) in [7, 11) is 1.82. The lowest BCUT2D eigenvalue weighted by Crippen LogP contribution is -2.31. The number of aryl methyl sites for hydroxylation is 3. The number of hydrogen-bond donors (Lipinski definition) is 2. The van der Waals surface area contributed by atoms with Crippen LogP contribution in [0.1, 0.15) is 55.5 Å². The second-order valence-electron chi connectivity index (χ2n) is 6.72. The SMILES string of the molecule is Cc1nc(=O)[nH]c(C)c1CCC(=O)N[C@H](CC(C)C)c1ncnn1C. The van der Waals surface area contributed by atoms with Crippen molar-refractivity contribution in [2.45, 2.75) is 53.0 Å². The summed E-state index contributed by atoms with van der Waals surface area (Å²) in [5.74, 6) is 1.11. The van der Waals surface area contributed by atoms with Crippen LogP contribution in [0.3, 0.4) is 0 Å². The summed E-state index contributed by atoms with van der Waals surface area (Å²) in [5, 5.41) is 7.15. The maximum atomic E-state index is 12.4. The van der Waals surface area contributed by atoms with Gasteiger partial charge in [-0.2, -0.15) is 10.1 Å². The number of carbonyl (C=O) groups excluding carboxylic acids is 1. The second-order valence-corrected chi connectivity index (χ2v) is 6.72. The van der Waals surface area contributed by atoms with Gasteiger partial charge in [0.2, 0.25) is 5.91 Å². The molecule has 0 aliphatic carbocycles. The first-order valence-corrected chi connectivity index (χ1v) is 8.47. The highest BCUT2D eigenvalue weighted by molar-refractivity contribution is 5.76. The van der Waals surface area contributed by atoms with Crippen LogP contribution in [0.2, 0.25) is 0 Å². The standard InChI is InChI=1S/C17H26N6O2/c1-10(2)8-14(16-18-9-19-23(16)5)22-15(24)7-6-13-11(3)20-17(25)21-12(13)4/h9-10,14H,6-8H2,1-5H3,(H,22,24)(H,20,21,25)/t14-/m1/s1. The quantitative estimate of drug-likeness (QED) is 0.787. The monoisotopic (exact) mass is 346 g/mol. The van der Waals surface area contributed by atoms with Gasteiger partial charge in [-0.15, -0.1) is 0 Å². The van der Waals surface area contributed by atoms with Gasteiger partial charge in [0.15, 0.2) is 0 Å². The normalized spacial score (nSPS) is 12.4. The van der Waals surface area contributed by atoms with Crippen LogP contribution in [-0.4, -0.2) is 30.6 Å². The predicted octanol–water partition coefficient (Wildman–Crippen LogP) is 1.35. The summed E-state index contributed by atoms with van der Waals surface area (Å²) in [6, 6.07) is -0.170. The molecule has 8 nitrogen and oxygen atoms in total. The lowest BCUT2D eigenvalue weighted by Gasteiger charge is -2.20. The van der Waals surface area contributed by atoms with Gasteiger partial charge in [0.05, 0.1) is 6.04 Å². The van der Waals surface area contributed by atoms with Crippen molar-refractivity contribution in [3.8, 4) is 0 Å². The van der Waals surface area contributed by atoms with Crippen molar-refractivity contribution in [3.63, 3.8) is 0 Å². The van der Waals surface area contributed by atoms with E-state index in [9.17, 15) is 9.59 Å². The van der Waals surface area contributed by atoms with Gasteiger partial charge in [-0.1, -0.05) is 13.8 Å². The number of H-pyrrole nitrogens is 1. The molecule has 0 bridgehead atoms. The van der Waals surface area contributed by atoms with Crippen molar-refractivity contribution in [1.29, 1.82) is 0 Å². The number of aromatic amines is 1. The van der Waals surface area contributed by atoms with Crippen molar-refractivity contribution in [1.82, 2.24) is 30.0 Å². The van der Waals surface area contributed by atoms with Gasteiger partial charge in [0.25, 0.3) is 0 Å². The number of nitrogens with zero attached hydrogens (tertiary/aromatic N) is 4. The summed E-state index contributed by atoms with van der Waals surface area (Å²) in [6.07, 6.45) is 3.13. The van der Waals surface area contributed by atoms with Crippen molar-refractivity contribution >= 4 is 5.91 Å². The lowest BCUT2D eigenvalue weighted by molar-refractivity contribution is -0.122. The first-order valence-electron chi connectivity index (χ1n) is 8.47. The van der Waals surface area contributed by atoms with Crippen molar-refractivity contribution in [2.75, 3.05) is 0 Å². The third-order valence-corrected chi connectivity index (χ3v) is 4.16. The van der Waals surface area contributed by atoms with E-state index < -0.39 is 0 Å². The van der Waals surface area contributed by atoms with Crippen LogP contribution < -0.4 is 11.0 Å². The maximum Gasteiger partial charge on any atom is 0.345 e. The molecular formula is C17H26N6O2. The minimum Gasteiger partial charge on any atom is -0.346 e. The molecule has 2 aromatic heterocycles. The first kappa shape index (κ1) is 18.8. The number of aromatic nitrogens is 5. The van der Waals surface area contributed by atoms with E-state index in [0.29, 0.717) is 24.5 Å². The number of hydrogen-bond acceptors (Lipinski definition) is 5. The highest BCUT2D eigenvalue weighted by Crippen LogP contribution is 2.19. The van der Waals surface area contributed by atoms with Gasteiger partial charge in [-0.05, 0) is 38.2 Å². The molecule has 0 aromatic carbocycles. The fourth-order valence-corrected chi connectivity index (χ4v) is 2.95. The molecule has 0 aliphatic heterocycles. The van der Waals surface area contributed by atoms with Gasteiger partial charge < -0.3 is 10.3 Å². The number of nitrogens with one attached hydrogen (secondary N) is 2. The third-order valence-electron chi connectivity index (χ3n) is 4.16. The Morgan fingerprint density at radius 1 is 1.36 bits per heavy atom. The zero-order chi connectivity index (χ0) is 18.6. The molecule has 0 spiro atoms. The molecule has 136 valence electrons. The maximum absolute atomic E-state index is 12.4. The second kappa shape index (κ2) is 8.04. The van der Waals surface area contributed by atoms with Crippen LogP contribution in [-0.2, 0) is 18.3 Å². The average molecular weight is 346 g/mol. The van der Waals surface area contributed by atoms with Crippen molar-refractivity contribution in [3.05, 3.63) is 39.6 Å². The highest BCUT2D eigenvalue weighted by Gasteiger charge is 2.20. The molecule has 1 atom stereocenters. The fourth-order valence-electron chi connectivity index (χ4n) is 2.95. The lowest BCUT2D eigenvalue weighted by atomic mass is 10.0. The van der Waals surface area contributed by atoms with Crippen LogP contribution in [0.4, 0.5) is 0 Å². The van der Waals surface area contributed by atoms with E-state index >= 15 is 0 Å². The Bertz CT molecular complexity index is 766. The van der Waals surface area contributed by atoms with E-state index in [0.717, 1.165) is 23.5 Å². The van der Waals surface area contributed by atoms with Crippen LogP contribution in [0.5, 0.6) is 0 Å². The molecule has 0 aliphatic rings. The number of amides is 1. The summed E-state index contributed by atoms with van der Waals surface area (Å²) in [4.78, 5) is 34.6. The molecule has 1 amide bonds. The summed E-state index contributed by atoms with van der Waals surface area (Å²) in [6.45, 7) is 7.82. The Kier molecular flexibility index (Phi) is 6.06. The molecule has 0 fully saturated rings. The first-order chi connectivity index (χ1) is 11.8. The molecule has 8 heteroatoms. The highest BCUT2D eigenvalue weighted by atomic mass is 16.1. The van der Waals surface area contributed by atoms with Crippen molar-refractivity contribution in [2.24, 2.45) is 13.0 Å². The minimum absolute atomic E-state index is 0.0568. The van der Waals surface area contributed by atoms with Gasteiger partial charge in [-0.3, -0.25) is 9.48 Å². The molecule has 2 aromatic rings. The zero-order valence-electron chi connectivity index (χ0n) is 15.5. The van der Waals surface area contributed by atoms with Gasteiger partial charge >= 0.3 is 5.69 Å². The topological polar surface area (TPSA) is 106 Å². The Morgan fingerprint density at radius 2 is 2.08 bits per heavy atom. The Morgan fingerprint density at radius 3 is 2.64 bits per heavy atom. The molecule has 2 N–H and O–H groups in total. The molecule has 0 unspecified atom stereocenters. The van der Waals surface area contributed by atoms with Crippen molar-refractivity contribution < 1.29 is 4.79 Å². The Hall–Kier alpha value is -2.51. The average Bonchev–Trinajstić information content (AvgIpc) is 2.91. The molecule has 25 heavy (non-hydrogen) atoms. The Labute approximate surface area is 147 Å². The van der Waals surface area contributed by atoms with E-state index in [4.69, 9.17) is 0 Å². The minimum atomic E-state index is -0.359. The smallest absolute Gasteiger partial charge is 0.345 e. The van der Waals surface area contributed by atoms with Gasteiger partial charge in [-0.25, -0.2) is 9.78 Å². The van der Waals surface area contributed by atoms with E-state index in [1.165, 1.54) is 6.33 Å². The fraction of sp³-hybridized carbons (Fsp3) is 0.588. The molecule has 0 saturated heterocycles. The van der Waals surface area contributed by atoms with E-state index in [1.807, 2.05) is 14.0 Å². The molecule has 2 rings (SSSR count). The predicted molar refractivity (Wildman–Crippen MR) is 94.0 cm³/mol. The summed E-state index contributed by atoms with van der Waals surface area (Å²) >= 11 is 0. The number of rotatable bonds is 7. The van der Waals surface area contributed by atoms with E-state index in [2.05, 4.69) is 39.2 Å².